The summed E-state index contributed by atoms with van der Waals surface area (Å²) in [6.45, 7) is 7.06. The Morgan fingerprint density at radius 1 is 1.41 bits per heavy atom. The fourth-order valence-electron chi connectivity index (χ4n) is 2.10. The predicted octanol–water partition coefficient (Wildman–Crippen LogP) is 1.98. The fourth-order valence-corrected chi connectivity index (χ4v) is 2.10. The topological polar surface area (TPSA) is 46.6 Å². The lowest BCUT2D eigenvalue weighted by Gasteiger charge is -2.23. The van der Waals surface area contributed by atoms with Crippen LogP contribution >= 0.6 is 0 Å². The highest BCUT2D eigenvalue weighted by Crippen LogP contribution is 2.20. The van der Waals surface area contributed by atoms with Crippen molar-refractivity contribution in [3.8, 4) is 0 Å². The Balaban J connectivity index is 2.50. The minimum Gasteiger partial charge on any atom is -0.464 e. The summed E-state index contributed by atoms with van der Waals surface area (Å²) in [4.78, 5) is 25.4. The van der Waals surface area contributed by atoms with Gasteiger partial charge in [0.25, 0.3) is 0 Å². The van der Waals surface area contributed by atoms with Gasteiger partial charge in [0.15, 0.2) is 0 Å². The highest BCUT2D eigenvalue weighted by Gasteiger charge is 2.34. The number of esters is 1. The van der Waals surface area contributed by atoms with Crippen LogP contribution in [0.1, 0.15) is 46.5 Å². The van der Waals surface area contributed by atoms with Crippen molar-refractivity contribution in [2.24, 2.45) is 5.92 Å². The van der Waals surface area contributed by atoms with Crippen LogP contribution in [0.4, 0.5) is 0 Å². The summed E-state index contributed by atoms with van der Waals surface area (Å²) in [5, 5.41) is 0. The number of nitrogens with zero attached hydrogens (tertiary/aromatic N) is 1. The summed E-state index contributed by atoms with van der Waals surface area (Å²) in [7, 11) is 0. The number of carbonyl (C=O) groups is 2. The minimum atomic E-state index is -0.338. The second-order valence-corrected chi connectivity index (χ2v) is 4.93. The van der Waals surface area contributed by atoms with Crippen molar-refractivity contribution in [2.45, 2.75) is 52.5 Å². The maximum atomic E-state index is 12.0. The van der Waals surface area contributed by atoms with E-state index in [0.717, 1.165) is 19.3 Å². The van der Waals surface area contributed by atoms with Crippen LogP contribution < -0.4 is 0 Å². The van der Waals surface area contributed by atoms with E-state index in [1.807, 2.05) is 0 Å². The summed E-state index contributed by atoms with van der Waals surface area (Å²) in [6, 6.07) is -0.338. The lowest BCUT2D eigenvalue weighted by atomic mass is 10.1. The molecule has 1 aliphatic heterocycles. The average molecular weight is 241 g/mol. The van der Waals surface area contributed by atoms with E-state index in [1.54, 1.807) is 11.8 Å². The van der Waals surface area contributed by atoms with Gasteiger partial charge in [-0.2, -0.15) is 0 Å². The summed E-state index contributed by atoms with van der Waals surface area (Å²) in [5.41, 5.74) is 0. The molecule has 1 aliphatic rings. The molecule has 1 unspecified atom stereocenters. The van der Waals surface area contributed by atoms with Gasteiger partial charge in [-0.25, -0.2) is 4.79 Å². The monoisotopic (exact) mass is 241 g/mol. The molecule has 0 saturated carbocycles. The summed E-state index contributed by atoms with van der Waals surface area (Å²) < 4.78 is 5.00. The maximum Gasteiger partial charge on any atom is 0.328 e. The van der Waals surface area contributed by atoms with Gasteiger partial charge >= 0.3 is 5.97 Å². The molecule has 1 atom stereocenters. The van der Waals surface area contributed by atoms with Crippen LogP contribution in [-0.4, -0.2) is 36.0 Å². The number of carbonyl (C=O) groups excluding carboxylic acids is 2. The molecule has 4 nitrogen and oxygen atoms in total. The lowest BCUT2D eigenvalue weighted by Crippen LogP contribution is -2.41. The van der Waals surface area contributed by atoms with E-state index in [2.05, 4.69) is 13.8 Å². The first-order valence-corrected chi connectivity index (χ1v) is 6.52. The first kappa shape index (κ1) is 14.0. The largest absolute Gasteiger partial charge is 0.464 e. The molecule has 98 valence electrons. The van der Waals surface area contributed by atoms with Gasteiger partial charge in [0.05, 0.1) is 6.61 Å². The van der Waals surface area contributed by atoms with Gasteiger partial charge < -0.3 is 9.64 Å². The van der Waals surface area contributed by atoms with E-state index in [9.17, 15) is 9.59 Å². The molecule has 1 heterocycles. The number of likely N-dealkylation sites (tertiary alicyclic amines) is 1. The van der Waals surface area contributed by atoms with Crippen LogP contribution in [0.2, 0.25) is 0 Å². The molecule has 0 aromatic rings. The standard InChI is InChI=1S/C13H23NO3/c1-4-17-13(16)11-6-5-9-14(11)12(15)8-7-10(2)3/h10-11H,4-9H2,1-3H3. The Labute approximate surface area is 103 Å². The Morgan fingerprint density at radius 3 is 2.71 bits per heavy atom. The SMILES string of the molecule is CCOC(=O)C1CCCN1C(=O)CCC(C)C. The van der Waals surface area contributed by atoms with Crippen molar-refractivity contribution in [3.05, 3.63) is 0 Å². The third kappa shape index (κ3) is 4.02. The Kier molecular flexibility index (Phi) is 5.45. The van der Waals surface area contributed by atoms with Gasteiger partial charge in [-0.05, 0) is 32.1 Å². The summed E-state index contributed by atoms with van der Waals surface area (Å²) in [6.07, 6.45) is 3.06. The van der Waals surface area contributed by atoms with Gasteiger partial charge in [0.2, 0.25) is 5.91 Å². The molecule has 0 aliphatic carbocycles. The van der Waals surface area contributed by atoms with Crippen molar-refractivity contribution in [2.75, 3.05) is 13.2 Å². The quantitative estimate of drug-likeness (QED) is 0.691. The lowest BCUT2D eigenvalue weighted by molar-refractivity contribution is -0.153. The second kappa shape index (κ2) is 6.62. The Morgan fingerprint density at radius 2 is 2.12 bits per heavy atom. The molecule has 1 fully saturated rings. The van der Waals surface area contributed by atoms with Crippen LogP contribution in [0.5, 0.6) is 0 Å². The van der Waals surface area contributed by atoms with Crippen molar-refractivity contribution >= 4 is 11.9 Å². The third-order valence-corrected chi connectivity index (χ3v) is 3.07. The van der Waals surface area contributed by atoms with Gasteiger partial charge in [0.1, 0.15) is 6.04 Å². The molecular formula is C13H23NO3. The van der Waals surface area contributed by atoms with Gasteiger partial charge in [-0.15, -0.1) is 0 Å². The molecule has 0 bridgehead atoms. The molecular weight excluding hydrogens is 218 g/mol. The molecule has 4 heteroatoms. The van der Waals surface area contributed by atoms with Crippen molar-refractivity contribution in [1.29, 1.82) is 0 Å². The van der Waals surface area contributed by atoms with Gasteiger partial charge in [-0.3, -0.25) is 4.79 Å². The van der Waals surface area contributed by atoms with E-state index in [1.165, 1.54) is 0 Å². The summed E-state index contributed by atoms with van der Waals surface area (Å²) >= 11 is 0. The Hall–Kier alpha value is -1.06. The summed E-state index contributed by atoms with van der Waals surface area (Å²) in [5.74, 6) is 0.361. The van der Waals surface area contributed by atoms with Crippen molar-refractivity contribution < 1.29 is 14.3 Å². The zero-order valence-corrected chi connectivity index (χ0v) is 11.1. The van der Waals surface area contributed by atoms with E-state index in [-0.39, 0.29) is 17.9 Å². The normalized spacial score (nSPS) is 19.8. The maximum absolute atomic E-state index is 12.0. The van der Waals surface area contributed by atoms with Crippen LogP contribution in [0.3, 0.4) is 0 Å². The molecule has 0 radical (unpaired) electrons. The van der Waals surface area contributed by atoms with Crippen molar-refractivity contribution in [3.63, 3.8) is 0 Å². The molecule has 1 amide bonds. The number of hydrogen-bond acceptors (Lipinski definition) is 3. The molecule has 0 N–H and O–H groups in total. The first-order chi connectivity index (χ1) is 8.06. The molecule has 1 saturated heterocycles. The minimum absolute atomic E-state index is 0.0919. The fraction of sp³-hybridized carbons (Fsp3) is 0.846. The van der Waals surface area contributed by atoms with Gasteiger partial charge in [-0.1, -0.05) is 13.8 Å². The number of rotatable bonds is 5. The molecule has 0 aromatic carbocycles. The number of hydrogen-bond donors (Lipinski definition) is 0. The number of ether oxygens (including phenoxy) is 1. The highest BCUT2D eigenvalue weighted by molar-refractivity contribution is 5.85. The molecule has 0 spiro atoms. The van der Waals surface area contributed by atoms with E-state index < -0.39 is 0 Å². The molecule has 0 aromatic heterocycles. The van der Waals surface area contributed by atoms with E-state index in [4.69, 9.17) is 4.74 Å². The van der Waals surface area contributed by atoms with Crippen LogP contribution in [-0.2, 0) is 14.3 Å². The van der Waals surface area contributed by atoms with Crippen molar-refractivity contribution in [1.82, 2.24) is 4.90 Å². The zero-order valence-electron chi connectivity index (χ0n) is 11.1. The number of amides is 1. The van der Waals surface area contributed by atoms with E-state index in [0.29, 0.717) is 25.5 Å². The van der Waals surface area contributed by atoms with E-state index >= 15 is 0 Å². The van der Waals surface area contributed by atoms with Crippen LogP contribution in [0.25, 0.3) is 0 Å². The van der Waals surface area contributed by atoms with Crippen LogP contribution in [0.15, 0.2) is 0 Å². The predicted molar refractivity (Wildman–Crippen MR) is 65.4 cm³/mol. The zero-order chi connectivity index (χ0) is 12.8. The first-order valence-electron chi connectivity index (χ1n) is 6.52. The smallest absolute Gasteiger partial charge is 0.328 e. The average Bonchev–Trinajstić information content (AvgIpc) is 2.75. The highest BCUT2D eigenvalue weighted by atomic mass is 16.5. The third-order valence-electron chi connectivity index (χ3n) is 3.07. The molecule has 1 rings (SSSR count). The Bertz CT molecular complexity index is 276. The second-order valence-electron chi connectivity index (χ2n) is 4.93. The van der Waals surface area contributed by atoms with Crippen LogP contribution in [0, 0.1) is 5.92 Å². The van der Waals surface area contributed by atoms with Gasteiger partial charge in [0, 0.05) is 13.0 Å². The molecule has 17 heavy (non-hydrogen) atoms.